The predicted molar refractivity (Wildman–Crippen MR) is 132 cm³/mol. The van der Waals surface area contributed by atoms with Crippen LogP contribution in [0.5, 0.6) is 11.5 Å². The number of halogens is 3. The van der Waals surface area contributed by atoms with Gasteiger partial charge in [0.25, 0.3) is 5.91 Å². The molecule has 2 N–H and O–H groups in total. The molecule has 0 fully saturated rings. The monoisotopic (exact) mass is 515 g/mol. The predicted octanol–water partition coefficient (Wildman–Crippen LogP) is 6.14. The van der Waals surface area contributed by atoms with Crippen LogP contribution >= 0.6 is 0 Å². The van der Waals surface area contributed by atoms with Crippen molar-refractivity contribution in [2.75, 3.05) is 6.54 Å². The molecular weight excluding hydrogens is 487 g/mol. The number of hydrogen-bond donors (Lipinski definition) is 2. The normalized spacial score (nSPS) is 11.6. The highest BCUT2D eigenvalue weighted by Gasteiger charge is 2.31. The van der Waals surface area contributed by atoms with Crippen LogP contribution in [0.2, 0.25) is 0 Å². The van der Waals surface area contributed by atoms with Crippen LogP contribution < -0.4 is 10.1 Å². The van der Waals surface area contributed by atoms with E-state index in [1.54, 1.807) is 57.3 Å². The molecule has 0 saturated carbocycles. The standard InChI is InChI=1S/C27H28F3N3O4/c1-26(2,3)33(25(35)36)17-21-16-23(11-13-31-21)37-22-9-4-6-18(14-22)10-12-32-24(34)19-7-5-8-20(15-19)27(28,29)30/h4-9,11,13-16H,10,12,17H2,1-3H3,(H,32,34)(H,35,36). The molecule has 0 bridgehead atoms. The molecule has 0 aliphatic rings. The Bertz CT molecular complexity index is 1260. The minimum Gasteiger partial charge on any atom is -0.465 e. The third-order valence-electron chi connectivity index (χ3n) is 5.43. The molecule has 3 rings (SSSR count). The average Bonchev–Trinajstić information content (AvgIpc) is 2.81. The Labute approximate surface area is 212 Å². The van der Waals surface area contributed by atoms with E-state index in [4.69, 9.17) is 4.74 Å². The van der Waals surface area contributed by atoms with Gasteiger partial charge in [-0.2, -0.15) is 13.2 Å². The second-order valence-electron chi connectivity index (χ2n) is 9.36. The summed E-state index contributed by atoms with van der Waals surface area (Å²) in [5.74, 6) is 0.428. The van der Waals surface area contributed by atoms with E-state index >= 15 is 0 Å². The lowest BCUT2D eigenvalue weighted by Crippen LogP contribution is -2.44. The van der Waals surface area contributed by atoms with Gasteiger partial charge in [-0.15, -0.1) is 0 Å². The Morgan fingerprint density at radius 2 is 1.70 bits per heavy atom. The summed E-state index contributed by atoms with van der Waals surface area (Å²) in [4.78, 5) is 29.4. The smallest absolute Gasteiger partial charge is 0.416 e. The Balaban J connectivity index is 1.60. The molecule has 196 valence electrons. The van der Waals surface area contributed by atoms with Crippen molar-refractivity contribution in [3.05, 3.63) is 89.2 Å². The van der Waals surface area contributed by atoms with Crippen molar-refractivity contribution in [2.45, 2.75) is 45.5 Å². The molecule has 0 radical (unpaired) electrons. The summed E-state index contributed by atoms with van der Waals surface area (Å²) in [5.41, 5.74) is -0.161. The van der Waals surface area contributed by atoms with E-state index in [1.807, 2.05) is 6.07 Å². The Hall–Kier alpha value is -4.08. The van der Waals surface area contributed by atoms with Crippen LogP contribution in [0.3, 0.4) is 0 Å². The van der Waals surface area contributed by atoms with E-state index in [0.29, 0.717) is 23.6 Å². The minimum atomic E-state index is -4.52. The SMILES string of the molecule is CC(C)(C)N(Cc1cc(Oc2cccc(CCNC(=O)c3cccc(C(F)(F)F)c3)c2)ccn1)C(=O)O. The van der Waals surface area contributed by atoms with Gasteiger partial charge < -0.3 is 15.2 Å². The van der Waals surface area contributed by atoms with Crippen molar-refractivity contribution >= 4 is 12.0 Å². The quantitative estimate of drug-likeness (QED) is 0.376. The summed E-state index contributed by atoms with van der Waals surface area (Å²) in [5, 5.41) is 12.1. The molecule has 0 aliphatic carbocycles. The molecule has 7 nitrogen and oxygen atoms in total. The van der Waals surface area contributed by atoms with Crippen molar-refractivity contribution in [3.63, 3.8) is 0 Å². The molecule has 0 unspecified atom stereocenters. The van der Waals surface area contributed by atoms with Crippen molar-refractivity contribution < 1.29 is 32.6 Å². The lowest BCUT2D eigenvalue weighted by molar-refractivity contribution is -0.137. The summed E-state index contributed by atoms with van der Waals surface area (Å²) in [7, 11) is 0. The Kier molecular flexibility index (Phi) is 8.42. The molecule has 0 atom stereocenters. The van der Waals surface area contributed by atoms with Crippen molar-refractivity contribution in [1.29, 1.82) is 0 Å². The van der Waals surface area contributed by atoms with Crippen LogP contribution in [0.15, 0.2) is 66.9 Å². The fourth-order valence-electron chi connectivity index (χ4n) is 3.52. The number of rotatable bonds is 8. The highest BCUT2D eigenvalue weighted by Crippen LogP contribution is 2.29. The molecule has 2 aromatic carbocycles. The minimum absolute atomic E-state index is 0.0617. The first kappa shape index (κ1) is 27.5. The molecule has 2 amide bonds. The molecule has 10 heteroatoms. The zero-order valence-corrected chi connectivity index (χ0v) is 20.7. The first-order valence-corrected chi connectivity index (χ1v) is 11.5. The maximum atomic E-state index is 12.9. The molecule has 0 spiro atoms. The van der Waals surface area contributed by atoms with Crippen LogP contribution in [0.25, 0.3) is 0 Å². The van der Waals surface area contributed by atoms with Crippen molar-refractivity contribution in [1.82, 2.24) is 15.2 Å². The lowest BCUT2D eigenvalue weighted by atomic mass is 10.1. The third-order valence-corrected chi connectivity index (χ3v) is 5.43. The number of benzene rings is 2. The van der Waals surface area contributed by atoms with Crippen LogP contribution in [-0.2, 0) is 19.1 Å². The number of pyridine rings is 1. The van der Waals surface area contributed by atoms with Crippen molar-refractivity contribution in [2.24, 2.45) is 0 Å². The van der Waals surface area contributed by atoms with Gasteiger partial charge in [0.05, 0.1) is 17.8 Å². The number of alkyl halides is 3. The second-order valence-corrected chi connectivity index (χ2v) is 9.36. The average molecular weight is 516 g/mol. The van der Waals surface area contributed by atoms with Gasteiger partial charge in [0, 0.05) is 29.9 Å². The van der Waals surface area contributed by atoms with Crippen LogP contribution in [0, 0.1) is 0 Å². The molecule has 37 heavy (non-hydrogen) atoms. The van der Waals surface area contributed by atoms with E-state index in [-0.39, 0.29) is 18.7 Å². The zero-order chi connectivity index (χ0) is 27.2. The summed E-state index contributed by atoms with van der Waals surface area (Å²) in [6.45, 7) is 5.72. The number of carbonyl (C=O) groups is 2. The Morgan fingerprint density at radius 1 is 1.00 bits per heavy atom. The second kappa shape index (κ2) is 11.3. The van der Waals surface area contributed by atoms with E-state index in [0.717, 1.165) is 17.7 Å². The number of nitrogens with one attached hydrogen (secondary N) is 1. The van der Waals surface area contributed by atoms with Gasteiger partial charge >= 0.3 is 12.3 Å². The molecule has 1 heterocycles. The largest absolute Gasteiger partial charge is 0.465 e. The summed E-state index contributed by atoms with van der Waals surface area (Å²) in [6, 6.07) is 14.8. The van der Waals surface area contributed by atoms with Crippen LogP contribution in [0.1, 0.15) is 48.0 Å². The summed E-state index contributed by atoms with van der Waals surface area (Å²) in [6.07, 6.45) is -3.59. The zero-order valence-electron chi connectivity index (χ0n) is 20.7. The first-order chi connectivity index (χ1) is 17.3. The first-order valence-electron chi connectivity index (χ1n) is 11.5. The number of aromatic nitrogens is 1. The third kappa shape index (κ3) is 7.96. The number of carbonyl (C=O) groups excluding carboxylic acids is 1. The number of nitrogens with zero attached hydrogens (tertiary/aromatic N) is 2. The van der Waals surface area contributed by atoms with Gasteiger partial charge in [-0.3, -0.25) is 14.7 Å². The molecule has 1 aromatic heterocycles. The van der Waals surface area contributed by atoms with Crippen LogP contribution in [-0.4, -0.2) is 39.1 Å². The fourth-order valence-corrected chi connectivity index (χ4v) is 3.52. The maximum Gasteiger partial charge on any atom is 0.416 e. The van der Waals surface area contributed by atoms with E-state index in [9.17, 15) is 27.9 Å². The van der Waals surface area contributed by atoms with Crippen molar-refractivity contribution in [3.8, 4) is 11.5 Å². The van der Waals surface area contributed by atoms with E-state index < -0.39 is 29.3 Å². The summed E-state index contributed by atoms with van der Waals surface area (Å²) >= 11 is 0. The lowest BCUT2D eigenvalue weighted by Gasteiger charge is -2.32. The van der Waals surface area contributed by atoms with E-state index in [1.165, 1.54) is 17.0 Å². The molecule has 0 aliphatic heterocycles. The highest BCUT2D eigenvalue weighted by atomic mass is 19.4. The van der Waals surface area contributed by atoms with Gasteiger partial charge in [-0.25, -0.2) is 4.79 Å². The van der Waals surface area contributed by atoms with Gasteiger partial charge in [-0.1, -0.05) is 18.2 Å². The number of hydrogen-bond acceptors (Lipinski definition) is 4. The topological polar surface area (TPSA) is 91.8 Å². The van der Waals surface area contributed by atoms with Gasteiger partial charge in [0.2, 0.25) is 0 Å². The molecular formula is C27H28F3N3O4. The highest BCUT2D eigenvalue weighted by molar-refractivity contribution is 5.94. The van der Waals surface area contributed by atoms with Gasteiger partial charge in [0.15, 0.2) is 0 Å². The van der Waals surface area contributed by atoms with E-state index in [2.05, 4.69) is 10.3 Å². The van der Waals surface area contributed by atoms with Gasteiger partial charge in [0.1, 0.15) is 11.5 Å². The van der Waals surface area contributed by atoms with Crippen LogP contribution in [0.4, 0.5) is 18.0 Å². The molecule has 3 aromatic rings. The number of ether oxygens (including phenoxy) is 1. The number of carboxylic acid groups (broad SMARTS) is 1. The maximum absolute atomic E-state index is 12.9. The summed E-state index contributed by atoms with van der Waals surface area (Å²) < 4.78 is 44.6. The number of amides is 2. The molecule has 0 saturated heterocycles. The fraction of sp³-hybridized carbons (Fsp3) is 0.296. The Morgan fingerprint density at radius 3 is 2.38 bits per heavy atom. The van der Waals surface area contributed by atoms with Gasteiger partial charge in [-0.05, 0) is 69.2 Å².